The van der Waals surface area contributed by atoms with Crippen LogP contribution in [0, 0.1) is 0 Å². The number of rotatable bonds is 5. The largest absolute Gasteiger partial charge is 0.454 e. The summed E-state index contributed by atoms with van der Waals surface area (Å²) in [7, 11) is 0. The Labute approximate surface area is 311 Å². The predicted octanol–water partition coefficient (Wildman–Crippen LogP) is 11.8. The Balaban J connectivity index is 1.21. The second kappa shape index (κ2) is 12.3. The summed E-state index contributed by atoms with van der Waals surface area (Å²) in [4.78, 5) is 5.40. The van der Waals surface area contributed by atoms with Gasteiger partial charge in [0.15, 0.2) is 5.58 Å². The van der Waals surface area contributed by atoms with Gasteiger partial charge in [0.1, 0.15) is 23.8 Å². The third-order valence-electron chi connectivity index (χ3n) is 10.9. The molecular formula is C49H34N4O. The second-order valence-electron chi connectivity index (χ2n) is 14.0. The number of hydrogen-bond acceptors (Lipinski definition) is 4. The number of aromatic nitrogens is 1. The van der Waals surface area contributed by atoms with E-state index in [1.807, 2.05) is 6.07 Å². The number of fused-ring (bicyclic) bond motifs is 8. The van der Waals surface area contributed by atoms with E-state index in [0.717, 1.165) is 72.0 Å². The zero-order valence-electron chi connectivity index (χ0n) is 29.3. The molecule has 8 aromatic carbocycles. The van der Waals surface area contributed by atoms with E-state index in [1.165, 1.54) is 21.9 Å². The molecule has 5 nitrogen and oxygen atoms in total. The highest BCUT2D eigenvalue weighted by Gasteiger charge is 2.29. The van der Waals surface area contributed by atoms with Crippen LogP contribution in [0.15, 0.2) is 191 Å². The van der Waals surface area contributed by atoms with Crippen molar-refractivity contribution >= 4 is 60.4 Å². The van der Waals surface area contributed by atoms with Crippen molar-refractivity contribution in [2.75, 3.05) is 0 Å². The van der Waals surface area contributed by atoms with Gasteiger partial charge in [-0.2, -0.15) is 0 Å². The number of nitrogens with zero attached hydrogens (tertiary/aromatic N) is 2. The normalized spacial score (nSPS) is 16.0. The summed E-state index contributed by atoms with van der Waals surface area (Å²) in [6.07, 6.45) is -0.423. The molecule has 0 saturated heterocycles. The molecule has 2 atom stereocenters. The Morgan fingerprint density at radius 2 is 1.20 bits per heavy atom. The molecule has 5 heteroatoms. The molecule has 2 N–H and O–H groups in total. The lowest BCUT2D eigenvalue weighted by atomic mass is 9.98. The van der Waals surface area contributed by atoms with E-state index in [9.17, 15) is 0 Å². The molecular weight excluding hydrogens is 661 g/mol. The van der Waals surface area contributed by atoms with Crippen LogP contribution in [0.4, 0.5) is 0 Å². The zero-order valence-corrected chi connectivity index (χ0v) is 29.3. The first-order valence-electron chi connectivity index (χ1n) is 18.5. The quantitative estimate of drug-likeness (QED) is 0.189. The molecule has 0 fully saturated rings. The van der Waals surface area contributed by atoms with E-state index in [-0.39, 0.29) is 12.3 Å². The third-order valence-corrected chi connectivity index (χ3v) is 10.9. The van der Waals surface area contributed by atoms with Crippen molar-refractivity contribution in [2.24, 2.45) is 4.99 Å². The van der Waals surface area contributed by atoms with Crippen molar-refractivity contribution in [3.63, 3.8) is 0 Å². The Bertz CT molecular complexity index is 3050. The van der Waals surface area contributed by atoms with Crippen LogP contribution in [0.25, 0.3) is 71.3 Å². The van der Waals surface area contributed by atoms with Crippen LogP contribution in [0.3, 0.4) is 0 Å². The first kappa shape index (κ1) is 30.7. The highest BCUT2D eigenvalue weighted by molar-refractivity contribution is 6.26. The molecule has 0 bridgehead atoms. The summed E-state index contributed by atoms with van der Waals surface area (Å²) in [5.41, 5.74) is 10.5. The lowest BCUT2D eigenvalue weighted by Crippen LogP contribution is -2.45. The molecule has 1 aliphatic rings. The van der Waals surface area contributed by atoms with Gasteiger partial charge in [-0.1, -0.05) is 152 Å². The topological polar surface area (TPSA) is 54.5 Å². The Kier molecular flexibility index (Phi) is 7.00. The van der Waals surface area contributed by atoms with Gasteiger partial charge in [-0.25, -0.2) is 4.99 Å². The summed E-state index contributed by atoms with van der Waals surface area (Å²) >= 11 is 0. The van der Waals surface area contributed by atoms with Gasteiger partial charge in [0.25, 0.3) is 0 Å². The fourth-order valence-electron chi connectivity index (χ4n) is 8.36. The first-order chi connectivity index (χ1) is 26.8. The van der Waals surface area contributed by atoms with Gasteiger partial charge in [0.05, 0.1) is 16.7 Å². The summed E-state index contributed by atoms with van der Waals surface area (Å²) in [6.45, 7) is 0. The number of amidine groups is 1. The molecule has 11 rings (SSSR count). The molecule has 0 saturated carbocycles. The number of aliphatic imine (C=N–C) groups is 1. The van der Waals surface area contributed by atoms with Gasteiger partial charge in [-0.3, -0.25) is 5.32 Å². The first-order valence-corrected chi connectivity index (χ1v) is 18.5. The lowest BCUT2D eigenvalue weighted by molar-refractivity contribution is 0.409. The van der Waals surface area contributed by atoms with Gasteiger partial charge in [0, 0.05) is 27.1 Å². The predicted molar refractivity (Wildman–Crippen MR) is 222 cm³/mol. The van der Waals surface area contributed by atoms with Crippen molar-refractivity contribution < 1.29 is 4.42 Å². The average Bonchev–Trinajstić information content (AvgIpc) is 3.81. The maximum Gasteiger partial charge on any atom is 0.160 e. The number of para-hydroxylation sites is 1. The summed E-state index contributed by atoms with van der Waals surface area (Å²) < 4.78 is 9.44. The number of furan rings is 1. The Hall–Kier alpha value is -6.95. The van der Waals surface area contributed by atoms with Crippen LogP contribution < -0.4 is 10.6 Å². The summed E-state index contributed by atoms with van der Waals surface area (Å²) in [6, 6.07) is 64.4. The molecule has 3 heterocycles. The van der Waals surface area contributed by atoms with Crippen molar-refractivity contribution in [2.45, 2.75) is 12.3 Å². The Morgan fingerprint density at radius 3 is 2.02 bits per heavy atom. The number of hydrogen-bond donors (Lipinski definition) is 2. The van der Waals surface area contributed by atoms with Crippen LogP contribution in [0.2, 0.25) is 0 Å². The minimum absolute atomic E-state index is 0.165. The molecule has 54 heavy (non-hydrogen) atoms. The molecule has 0 spiro atoms. The highest BCUT2D eigenvalue weighted by atomic mass is 16.3. The molecule has 0 amide bonds. The summed E-state index contributed by atoms with van der Waals surface area (Å²) in [5, 5.41) is 14.4. The van der Waals surface area contributed by atoms with E-state index < -0.39 is 0 Å². The number of benzene rings is 8. The van der Waals surface area contributed by atoms with Crippen LogP contribution in [-0.4, -0.2) is 10.4 Å². The molecule has 0 radical (unpaired) electrons. The maximum atomic E-state index is 7.06. The van der Waals surface area contributed by atoms with Gasteiger partial charge in [-0.15, -0.1) is 0 Å². The molecule has 1 aliphatic heterocycles. The van der Waals surface area contributed by atoms with Crippen molar-refractivity contribution in [3.05, 3.63) is 199 Å². The van der Waals surface area contributed by atoms with Crippen LogP contribution in [0.5, 0.6) is 0 Å². The molecule has 0 aliphatic carbocycles. The van der Waals surface area contributed by atoms with Crippen LogP contribution in [-0.2, 0) is 0 Å². The third kappa shape index (κ3) is 4.86. The van der Waals surface area contributed by atoms with Crippen LogP contribution >= 0.6 is 0 Å². The minimum atomic E-state index is -0.258. The Morgan fingerprint density at radius 1 is 0.519 bits per heavy atom. The van der Waals surface area contributed by atoms with Gasteiger partial charge in [-0.05, 0) is 63.4 Å². The number of nitrogens with one attached hydrogen (secondary N) is 2. The van der Waals surface area contributed by atoms with Crippen molar-refractivity contribution in [3.8, 4) is 16.8 Å². The van der Waals surface area contributed by atoms with Gasteiger partial charge in [0.2, 0.25) is 0 Å². The van der Waals surface area contributed by atoms with E-state index in [4.69, 9.17) is 9.41 Å². The standard InChI is InChI=1S/C49H34N4O/c1-4-14-31(15-5-1)35-24-26-38-37-22-12-13-23-40(37)53(42(38)30-35)41-28-27-39(45-44-36-21-11-10-16-32(36)25-29-43(44)54-46(41)45)49-51-47(33-17-6-2-7-18-33)50-48(52-49)34-19-8-3-9-20-34/h1-30,47-48,50H,(H,51,52). The van der Waals surface area contributed by atoms with Crippen LogP contribution in [0.1, 0.15) is 29.0 Å². The van der Waals surface area contributed by atoms with E-state index >= 15 is 0 Å². The lowest BCUT2D eigenvalue weighted by Gasteiger charge is -2.32. The van der Waals surface area contributed by atoms with Gasteiger partial charge < -0.3 is 14.3 Å². The zero-order chi connectivity index (χ0) is 35.6. The van der Waals surface area contributed by atoms with E-state index in [1.54, 1.807) is 0 Å². The van der Waals surface area contributed by atoms with Crippen molar-refractivity contribution in [1.29, 1.82) is 0 Å². The van der Waals surface area contributed by atoms with Gasteiger partial charge >= 0.3 is 0 Å². The highest BCUT2D eigenvalue weighted by Crippen LogP contribution is 2.43. The fraction of sp³-hybridized carbons (Fsp3) is 0.0408. The molecule has 10 aromatic rings. The molecule has 2 unspecified atom stereocenters. The monoisotopic (exact) mass is 694 g/mol. The smallest absolute Gasteiger partial charge is 0.160 e. The fourth-order valence-corrected chi connectivity index (χ4v) is 8.36. The molecule has 256 valence electrons. The summed E-state index contributed by atoms with van der Waals surface area (Å²) in [5.74, 6) is 0.817. The average molecular weight is 695 g/mol. The van der Waals surface area contributed by atoms with Crippen molar-refractivity contribution in [1.82, 2.24) is 15.2 Å². The SMILES string of the molecule is c1ccc(-c2ccc3c4ccccc4n(-c4ccc(C5=NC(c6ccccc6)NC(c6ccccc6)N5)c5c4oc4ccc6ccccc6c45)c3c2)cc1. The van der Waals surface area contributed by atoms with E-state index in [0.29, 0.717) is 0 Å². The maximum absolute atomic E-state index is 7.06. The minimum Gasteiger partial charge on any atom is -0.454 e. The second-order valence-corrected chi connectivity index (χ2v) is 14.0. The molecule has 2 aromatic heterocycles. The van der Waals surface area contributed by atoms with E-state index in [2.05, 4.69) is 191 Å².